The van der Waals surface area contributed by atoms with Gasteiger partial charge in [-0.15, -0.1) is 0 Å². The van der Waals surface area contributed by atoms with Crippen molar-refractivity contribution in [2.24, 2.45) is 0 Å². The van der Waals surface area contributed by atoms with Crippen LogP contribution in [-0.2, 0) is 6.61 Å². The largest absolute Gasteiger partial charge is 0.488 e. The van der Waals surface area contributed by atoms with Crippen LogP contribution < -0.4 is 14.2 Å². The van der Waals surface area contributed by atoms with Crippen LogP contribution in [0.3, 0.4) is 0 Å². The van der Waals surface area contributed by atoms with Crippen molar-refractivity contribution in [1.29, 1.82) is 0 Å². The Morgan fingerprint density at radius 3 is 2.72 bits per heavy atom. The van der Waals surface area contributed by atoms with E-state index >= 15 is 0 Å². The Morgan fingerprint density at radius 1 is 1.06 bits per heavy atom. The molecule has 18 heavy (non-hydrogen) atoms. The molecule has 3 rings (SSSR count). The summed E-state index contributed by atoms with van der Waals surface area (Å²) in [6.07, 6.45) is 0. The molecule has 0 N–H and O–H groups in total. The first-order valence-corrected chi connectivity index (χ1v) is 6.67. The lowest BCUT2D eigenvalue weighted by atomic mass is 10.2. The summed E-state index contributed by atoms with van der Waals surface area (Å²) in [7, 11) is 0. The van der Waals surface area contributed by atoms with Crippen LogP contribution in [0, 0.1) is 3.57 Å². The fourth-order valence-electron chi connectivity index (χ4n) is 1.77. The minimum absolute atomic E-state index is 0.285. The van der Waals surface area contributed by atoms with Gasteiger partial charge in [-0.05, 0) is 40.3 Å². The van der Waals surface area contributed by atoms with E-state index in [1.165, 1.54) is 0 Å². The smallest absolute Gasteiger partial charge is 0.231 e. The SMILES string of the molecule is Ic1c(OCc2ccccc2)ccc2c1OCO2. The molecule has 0 unspecified atom stereocenters. The molecule has 0 radical (unpaired) electrons. The molecule has 0 atom stereocenters. The molecule has 2 aromatic rings. The standard InChI is InChI=1S/C14H11IO3/c15-13-11(6-7-12-14(13)18-9-17-12)16-8-10-4-2-1-3-5-10/h1-7H,8-9H2. The lowest BCUT2D eigenvalue weighted by Gasteiger charge is -2.09. The van der Waals surface area contributed by atoms with Crippen LogP contribution in [0.2, 0.25) is 0 Å². The molecular formula is C14H11IO3. The molecule has 0 aromatic heterocycles. The molecule has 1 aliphatic heterocycles. The van der Waals surface area contributed by atoms with Gasteiger partial charge in [-0.2, -0.15) is 0 Å². The summed E-state index contributed by atoms with van der Waals surface area (Å²) in [5, 5.41) is 0. The second kappa shape index (κ2) is 5.06. The number of hydrogen-bond acceptors (Lipinski definition) is 3. The lowest BCUT2D eigenvalue weighted by molar-refractivity contribution is 0.173. The molecule has 3 nitrogen and oxygen atoms in total. The van der Waals surface area contributed by atoms with Crippen molar-refractivity contribution in [3.05, 3.63) is 51.6 Å². The van der Waals surface area contributed by atoms with Crippen LogP contribution in [-0.4, -0.2) is 6.79 Å². The van der Waals surface area contributed by atoms with Crippen LogP contribution in [0.1, 0.15) is 5.56 Å². The molecule has 0 bridgehead atoms. The van der Waals surface area contributed by atoms with Crippen molar-refractivity contribution in [3.63, 3.8) is 0 Å². The van der Waals surface area contributed by atoms with Gasteiger partial charge in [0.2, 0.25) is 6.79 Å². The second-order valence-electron chi connectivity index (χ2n) is 3.89. The van der Waals surface area contributed by atoms with Crippen molar-refractivity contribution in [2.45, 2.75) is 6.61 Å². The minimum Gasteiger partial charge on any atom is -0.488 e. The van der Waals surface area contributed by atoms with Crippen molar-refractivity contribution < 1.29 is 14.2 Å². The molecule has 4 heteroatoms. The Labute approximate surface area is 119 Å². The van der Waals surface area contributed by atoms with Gasteiger partial charge in [-0.25, -0.2) is 0 Å². The van der Waals surface area contributed by atoms with Crippen molar-refractivity contribution in [3.8, 4) is 17.2 Å². The topological polar surface area (TPSA) is 27.7 Å². The Bertz CT molecular complexity index is 554. The predicted molar refractivity (Wildman–Crippen MR) is 76.1 cm³/mol. The average Bonchev–Trinajstić information content (AvgIpc) is 2.88. The highest BCUT2D eigenvalue weighted by Crippen LogP contribution is 2.41. The van der Waals surface area contributed by atoms with Gasteiger partial charge < -0.3 is 14.2 Å². The van der Waals surface area contributed by atoms with Gasteiger partial charge in [-0.1, -0.05) is 30.3 Å². The zero-order chi connectivity index (χ0) is 12.4. The normalized spacial score (nSPS) is 12.5. The maximum absolute atomic E-state index is 5.81. The fourth-order valence-corrected chi connectivity index (χ4v) is 2.52. The summed E-state index contributed by atoms with van der Waals surface area (Å²) in [6.45, 7) is 0.837. The zero-order valence-electron chi connectivity index (χ0n) is 9.56. The molecule has 0 fully saturated rings. The van der Waals surface area contributed by atoms with E-state index in [-0.39, 0.29) is 6.79 Å². The first-order valence-electron chi connectivity index (χ1n) is 5.59. The summed E-state index contributed by atoms with van der Waals surface area (Å²) in [6, 6.07) is 13.9. The molecule has 0 amide bonds. The Hall–Kier alpha value is -1.43. The maximum Gasteiger partial charge on any atom is 0.231 e. The molecule has 1 heterocycles. The molecule has 0 spiro atoms. The van der Waals surface area contributed by atoms with Crippen molar-refractivity contribution in [2.75, 3.05) is 6.79 Å². The van der Waals surface area contributed by atoms with E-state index in [0.717, 1.165) is 26.4 Å². The van der Waals surface area contributed by atoms with Crippen LogP contribution in [0.25, 0.3) is 0 Å². The van der Waals surface area contributed by atoms with E-state index < -0.39 is 0 Å². The monoisotopic (exact) mass is 354 g/mol. The number of benzene rings is 2. The highest BCUT2D eigenvalue weighted by atomic mass is 127. The number of halogens is 1. The molecule has 0 saturated heterocycles. The van der Waals surface area contributed by atoms with Gasteiger partial charge in [0.25, 0.3) is 0 Å². The molecule has 0 saturated carbocycles. The second-order valence-corrected chi connectivity index (χ2v) is 4.96. The lowest BCUT2D eigenvalue weighted by Crippen LogP contribution is -1.97. The number of hydrogen-bond donors (Lipinski definition) is 0. The first-order chi connectivity index (χ1) is 8.84. The molecule has 1 aliphatic rings. The summed E-state index contributed by atoms with van der Waals surface area (Å²) < 4.78 is 17.5. The van der Waals surface area contributed by atoms with Crippen molar-refractivity contribution >= 4 is 22.6 Å². The Balaban J connectivity index is 1.78. The minimum atomic E-state index is 0.285. The summed E-state index contributed by atoms with van der Waals surface area (Å²) >= 11 is 2.22. The predicted octanol–water partition coefficient (Wildman–Crippen LogP) is 3.60. The van der Waals surface area contributed by atoms with E-state index in [0.29, 0.717) is 6.61 Å². The van der Waals surface area contributed by atoms with Crippen LogP contribution in [0.5, 0.6) is 17.2 Å². The third-order valence-corrected chi connectivity index (χ3v) is 3.70. The van der Waals surface area contributed by atoms with E-state index in [1.807, 2.05) is 42.5 Å². The van der Waals surface area contributed by atoms with Crippen LogP contribution in [0.15, 0.2) is 42.5 Å². The summed E-state index contributed by atoms with van der Waals surface area (Å²) in [5.74, 6) is 2.39. The number of fused-ring (bicyclic) bond motifs is 1. The van der Waals surface area contributed by atoms with E-state index in [1.54, 1.807) is 0 Å². The van der Waals surface area contributed by atoms with Gasteiger partial charge >= 0.3 is 0 Å². The molecule has 2 aromatic carbocycles. The summed E-state index contributed by atoms with van der Waals surface area (Å²) in [5.41, 5.74) is 1.14. The average molecular weight is 354 g/mol. The zero-order valence-corrected chi connectivity index (χ0v) is 11.7. The van der Waals surface area contributed by atoms with Gasteiger partial charge in [0, 0.05) is 0 Å². The number of ether oxygens (including phenoxy) is 3. The van der Waals surface area contributed by atoms with Gasteiger partial charge in [0.15, 0.2) is 11.5 Å². The Morgan fingerprint density at radius 2 is 1.89 bits per heavy atom. The van der Waals surface area contributed by atoms with Crippen LogP contribution in [0.4, 0.5) is 0 Å². The highest BCUT2D eigenvalue weighted by Gasteiger charge is 2.19. The van der Waals surface area contributed by atoms with Gasteiger partial charge in [0.1, 0.15) is 15.9 Å². The maximum atomic E-state index is 5.81. The fraction of sp³-hybridized carbons (Fsp3) is 0.143. The van der Waals surface area contributed by atoms with Gasteiger partial charge in [-0.3, -0.25) is 0 Å². The van der Waals surface area contributed by atoms with Crippen LogP contribution >= 0.6 is 22.6 Å². The highest BCUT2D eigenvalue weighted by molar-refractivity contribution is 14.1. The van der Waals surface area contributed by atoms with E-state index in [4.69, 9.17) is 14.2 Å². The molecule has 0 aliphatic carbocycles. The molecule has 92 valence electrons. The van der Waals surface area contributed by atoms with Crippen molar-refractivity contribution in [1.82, 2.24) is 0 Å². The third kappa shape index (κ3) is 2.25. The first kappa shape index (κ1) is 11.6. The number of rotatable bonds is 3. The Kier molecular flexibility index (Phi) is 3.27. The van der Waals surface area contributed by atoms with E-state index in [2.05, 4.69) is 22.6 Å². The third-order valence-electron chi connectivity index (χ3n) is 2.68. The van der Waals surface area contributed by atoms with E-state index in [9.17, 15) is 0 Å². The summed E-state index contributed by atoms with van der Waals surface area (Å²) in [4.78, 5) is 0. The molecular weight excluding hydrogens is 343 g/mol. The quantitative estimate of drug-likeness (QED) is 0.789. The van der Waals surface area contributed by atoms with Gasteiger partial charge in [0.05, 0.1) is 0 Å².